The molecule has 1 unspecified atom stereocenters. The van der Waals surface area contributed by atoms with Crippen molar-refractivity contribution in [1.29, 1.82) is 5.26 Å². The topological polar surface area (TPSA) is 107 Å². The summed E-state index contributed by atoms with van der Waals surface area (Å²) < 4.78 is 41.4. The van der Waals surface area contributed by atoms with Crippen LogP contribution in [0.2, 0.25) is 0 Å². The Morgan fingerprint density at radius 2 is 2.03 bits per heavy atom. The molecule has 0 saturated carbocycles. The molecule has 32 heavy (non-hydrogen) atoms. The lowest BCUT2D eigenvalue weighted by Gasteiger charge is -2.37. The van der Waals surface area contributed by atoms with E-state index in [1.165, 1.54) is 11.6 Å². The van der Waals surface area contributed by atoms with E-state index in [1.54, 1.807) is 0 Å². The number of hydrogen-bond acceptors (Lipinski definition) is 5. The molecule has 1 aromatic heterocycles. The fraction of sp³-hybridized carbons (Fsp3) is 0.333. The first kappa shape index (κ1) is 23.0. The number of likely N-dealkylation sites (N-methyl/N-ethyl adjacent to an activating group) is 1. The predicted octanol–water partition coefficient (Wildman–Crippen LogP) is 1.63. The van der Waals surface area contributed by atoms with E-state index in [4.69, 9.17) is 5.26 Å². The van der Waals surface area contributed by atoms with E-state index in [2.05, 4.69) is 10.5 Å². The lowest BCUT2D eigenvalue weighted by Crippen LogP contribution is -2.52. The van der Waals surface area contributed by atoms with Gasteiger partial charge in [-0.2, -0.15) is 23.5 Å². The van der Waals surface area contributed by atoms with Crippen LogP contribution in [0.25, 0.3) is 0 Å². The quantitative estimate of drug-likeness (QED) is 0.421. The van der Waals surface area contributed by atoms with E-state index in [1.807, 2.05) is 31.3 Å². The smallest absolute Gasteiger partial charge is 0.418 e. The Labute approximate surface area is 181 Å². The number of carbonyl (C=O) groups excluding carboxylic acids is 1. The van der Waals surface area contributed by atoms with Gasteiger partial charge < -0.3 is 9.59 Å². The number of rotatable bonds is 4. The third kappa shape index (κ3) is 4.50. The summed E-state index contributed by atoms with van der Waals surface area (Å²) in [6.45, 7) is 1.37. The van der Waals surface area contributed by atoms with Crippen LogP contribution >= 0.6 is 0 Å². The fourth-order valence-electron chi connectivity index (χ4n) is 3.84. The summed E-state index contributed by atoms with van der Waals surface area (Å²) in [5.41, 5.74) is -0.429. The van der Waals surface area contributed by atoms with Crippen molar-refractivity contribution in [2.24, 2.45) is 12.1 Å². The number of nitrogens with zero attached hydrogens (tertiary/aromatic N) is 4. The van der Waals surface area contributed by atoms with Crippen molar-refractivity contribution in [2.75, 3.05) is 20.1 Å². The highest BCUT2D eigenvalue weighted by atomic mass is 19.4. The molecule has 3 rings (SSSR count). The predicted molar refractivity (Wildman–Crippen MR) is 109 cm³/mol. The molecular formula is C21H21F3N5O3+. The van der Waals surface area contributed by atoms with Crippen molar-refractivity contribution in [2.45, 2.75) is 19.1 Å². The SMILES string of the molecule is Cn1c(O)c(/C=N/NC(=O)C[N+]2(C)CCc3ccccc3C2)c(C(F)(F)F)c(C#N)c1=O. The summed E-state index contributed by atoms with van der Waals surface area (Å²) in [6, 6.07) is 9.14. The van der Waals surface area contributed by atoms with Gasteiger partial charge in [-0.05, 0) is 5.56 Å². The van der Waals surface area contributed by atoms with E-state index in [-0.39, 0.29) is 6.54 Å². The molecule has 2 N–H and O–H groups in total. The van der Waals surface area contributed by atoms with Gasteiger partial charge in [0, 0.05) is 19.0 Å². The molecule has 168 valence electrons. The van der Waals surface area contributed by atoms with Gasteiger partial charge in [0.15, 0.2) is 6.54 Å². The van der Waals surface area contributed by atoms with E-state index >= 15 is 0 Å². The van der Waals surface area contributed by atoms with Crippen molar-refractivity contribution in [1.82, 2.24) is 9.99 Å². The van der Waals surface area contributed by atoms with Crippen molar-refractivity contribution in [3.8, 4) is 11.9 Å². The number of nitrogens with one attached hydrogen (secondary N) is 1. The first-order valence-electron chi connectivity index (χ1n) is 9.62. The molecule has 0 saturated heterocycles. The van der Waals surface area contributed by atoms with Crippen LogP contribution in [0.15, 0.2) is 34.2 Å². The van der Waals surface area contributed by atoms with Crippen LogP contribution in [0.4, 0.5) is 13.2 Å². The maximum absolute atomic E-state index is 13.5. The van der Waals surface area contributed by atoms with Crippen LogP contribution in [-0.4, -0.2) is 46.4 Å². The average Bonchev–Trinajstić information content (AvgIpc) is 2.72. The van der Waals surface area contributed by atoms with Crippen molar-refractivity contribution in [3.63, 3.8) is 0 Å². The lowest BCUT2D eigenvalue weighted by atomic mass is 9.98. The van der Waals surface area contributed by atoms with Crippen molar-refractivity contribution >= 4 is 12.1 Å². The zero-order valence-electron chi connectivity index (χ0n) is 17.4. The molecule has 1 atom stereocenters. The number of aromatic nitrogens is 1. The van der Waals surface area contributed by atoms with Crippen LogP contribution in [-0.2, 0) is 31.0 Å². The molecule has 1 aliphatic rings. The summed E-state index contributed by atoms with van der Waals surface area (Å²) in [6.07, 6.45) is -3.72. The molecule has 0 radical (unpaired) electrons. The maximum Gasteiger partial charge on any atom is 0.418 e. The van der Waals surface area contributed by atoms with Gasteiger partial charge in [0.05, 0.1) is 30.9 Å². The molecule has 8 nitrogen and oxygen atoms in total. The van der Waals surface area contributed by atoms with Crippen LogP contribution in [0, 0.1) is 11.3 Å². The van der Waals surface area contributed by atoms with Crippen LogP contribution < -0.4 is 11.0 Å². The Bertz CT molecular complexity index is 1200. The van der Waals surface area contributed by atoms with Crippen molar-refractivity contribution < 1.29 is 27.6 Å². The second kappa shape index (κ2) is 8.47. The summed E-state index contributed by atoms with van der Waals surface area (Å²) in [5, 5.41) is 22.6. The minimum absolute atomic E-state index is 0.0422. The Kier molecular flexibility index (Phi) is 6.09. The van der Waals surface area contributed by atoms with Gasteiger partial charge in [-0.1, -0.05) is 24.3 Å². The third-order valence-corrected chi connectivity index (χ3v) is 5.49. The summed E-state index contributed by atoms with van der Waals surface area (Å²) >= 11 is 0. The standard InChI is InChI=1S/C21H20F3N5O3/c1-28-19(31)15(9-25)18(21(22,23)24)16(20(28)32)10-26-27-17(30)12-29(2)8-7-13-5-3-4-6-14(13)11-29/h3-6,10H,7-8,11-12H2,1-2H3,(H-,26,27,30,31,32)/p+1. The molecule has 2 heterocycles. The number of hydrazone groups is 1. The molecule has 0 spiro atoms. The average molecular weight is 448 g/mol. The summed E-state index contributed by atoms with van der Waals surface area (Å²) in [7, 11) is 2.92. The second-order valence-corrected chi connectivity index (χ2v) is 7.93. The molecule has 2 aromatic rings. The fourth-order valence-corrected chi connectivity index (χ4v) is 3.84. The van der Waals surface area contributed by atoms with Gasteiger partial charge >= 0.3 is 6.18 Å². The lowest BCUT2D eigenvalue weighted by molar-refractivity contribution is -0.917. The second-order valence-electron chi connectivity index (χ2n) is 7.93. The van der Waals surface area contributed by atoms with Gasteiger partial charge in [-0.25, -0.2) is 5.43 Å². The highest BCUT2D eigenvalue weighted by Gasteiger charge is 2.40. The first-order chi connectivity index (χ1) is 15.0. The number of hydrogen-bond donors (Lipinski definition) is 2. The minimum Gasteiger partial charge on any atom is -0.494 e. The zero-order valence-corrected chi connectivity index (χ0v) is 17.4. The molecular weight excluding hydrogens is 427 g/mol. The van der Waals surface area contributed by atoms with Crippen LogP contribution in [0.3, 0.4) is 0 Å². The largest absolute Gasteiger partial charge is 0.494 e. The number of carbonyl (C=O) groups is 1. The minimum atomic E-state index is -5.10. The highest BCUT2D eigenvalue weighted by Crippen LogP contribution is 2.35. The summed E-state index contributed by atoms with van der Waals surface area (Å²) in [4.78, 5) is 24.3. The van der Waals surface area contributed by atoms with Gasteiger partial charge in [-0.15, -0.1) is 0 Å². The Morgan fingerprint density at radius 3 is 2.66 bits per heavy atom. The number of alkyl halides is 3. The van der Waals surface area contributed by atoms with Crippen LogP contribution in [0.5, 0.6) is 5.88 Å². The zero-order chi connectivity index (χ0) is 23.7. The normalized spacial score (nSPS) is 18.2. The van der Waals surface area contributed by atoms with Gasteiger partial charge in [0.1, 0.15) is 18.2 Å². The number of amides is 1. The van der Waals surface area contributed by atoms with Gasteiger partial charge in [-0.3, -0.25) is 14.2 Å². The van der Waals surface area contributed by atoms with E-state index in [0.29, 0.717) is 28.4 Å². The number of nitriles is 1. The monoisotopic (exact) mass is 448 g/mol. The molecule has 0 aliphatic carbocycles. The van der Waals surface area contributed by atoms with E-state index < -0.39 is 40.2 Å². The van der Waals surface area contributed by atoms with E-state index in [9.17, 15) is 27.9 Å². The molecule has 0 fully saturated rings. The van der Waals surface area contributed by atoms with Crippen LogP contribution in [0.1, 0.15) is 27.8 Å². The maximum atomic E-state index is 13.5. The number of halogens is 3. The highest BCUT2D eigenvalue weighted by molar-refractivity contribution is 5.87. The third-order valence-electron chi connectivity index (χ3n) is 5.49. The number of quaternary nitrogens is 1. The Hall–Kier alpha value is -3.65. The number of benzene rings is 1. The number of pyridine rings is 1. The molecule has 1 aliphatic heterocycles. The number of aromatic hydroxyl groups is 1. The Balaban J connectivity index is 1.81. The van der Waals surface area contributed by atoms with Gasteiger partial charge in [0.25, 0.3) is 11.5 Å². The van der Waals surface area contributed by atoms with E-state index in [0.717, 1.165) is 19.0 Å². The summed E-state index contributed by atoms with van der Waals surface area (Å²) in [5.74, 6) is -1.55. The molecule has 1 aromatic carbocycles. The molecule has 1 amide bonds. The van der Waals surface area contributed by atoms with Crippen molar-refractivity contribution in [3.05, 3.63) is 62.4 Å². The molecule has 0 bridgehead atoms. The molecule has 11 heteroatoms. The van der Waals surface area contributed by atoms with Gasteiger partial charge in [0.2, 0.25) is 5.88 Å². The Morgan fingerprint density at radius 1 is 1.38 bits per heavy atom. The number of fused-ring (bicyclic) bond motifs is 1. The first-order valence-corrected chi connectivity index (χ1v) is 9.62.